The quantitative estimate of drug-likeness (QED) is 0.866. The summed E-state index contributed by atoms with van der Waals surface area (Å²) in [5.41, 5.74) is 4.11. The molecule has 0 aromatic heterocycles. The molecule has 1 aromatic rings. The average Bonchev–Trinajstić information content (AvgIpc) is 2.37. The predicted molar refractivity (Wildman–Crippen MR) is 75.8 cm³/mol. The zero-order chi connectivity index (χ0) is 15.3. The van der Waals surface area contributed by atoms with Gasteiger partial charge in [-0.25, -0.2) is 17.9 Å². The Kier molecular flexibility index (Phi) is 5.13. The van der Waals surface area contributed by atoms with Gasteiger partial charge in [-0.1, -0.05) is 24.3 Å². The van der Waals surface area contributed by atoms with Gasteiger partial charge in [-0.15, -0.1) is 5.73 Å². The van der Waals surface area contributed by atoms with Crippen LogP contribution < -0.4 is 4.72 Å². The van der Waals surface area contributed by atoms with Crippen molar-refractivity contribution in [3.8, 4) is 0 Å². The number of ether oxygens (including phenoxy) is 1. The second-order valence-electron chi connectivity index (χ2n) is 4.33. The summed E-state index contributed by atoms with van der Waals surface area (Å²) in [4.78, 5) is 11.6. The van der Waals surface area contributed by atoms with Crippen LogP contribution in [0.4, 0.5) is 4.79 Å². The van der Waals surface area contributed by atoms with Crippen molar-refractivity contribution in [2.75, 3.05) is 0 Å². The normalized spacial score (nSPS) is 12.2. The SMILES string of the molecule is C=C=C(C)C(C)OC(=O)NS(=O)(=O)c1ccc(C)cc1. The van der Waals surface area contributed by atoms with Crippen LogP contribution in [0, 0.1) is 6.92 Å². The Morgan fingerprint density at radius 1 is 1.35 bits per heavy atom. The summed E-state index contributed by atoms with van der Waals surface area (Å²) in [6.45, 7) is 8.55. The molecule has 1 unspecified atom stereocenters. The highest BCUT2D eigenvalue weighted by Crippen LogP contribution is 2.11. The van der Waals surface area contributed by atoms with Crippen LogP contribution in [0.3, 0.4) is 0 Å². The number of amides is 1. The van der Waals surface area contributed by atoms with Crippen LogP contribution in [-0.2, 0) is 14.8 Å². The number of hydrogen-bond acceptors (Lipinski definition) is 4. The molecule has 0 saturated heterocycles. The van der Waals surface area contributed by atoms with Gasteiger partial charge in [-0.3, -0.25) is 0 Å². The molecule has 108 valence electrons. The summed E-state index contributed by atoms with van der Waals surface area (Å²) in [5, 5.41) is 0. The maximum Gasteiger partial charge on any atom is 0.421 e. The smallest absolute Gasteiger partial charge is 0.421 e. The fourth-order valence-corrected chi connectivity index (χ4v) is 2.18. The van der Waals surface area contributed by atoms with Gasteiger partial charge in [-0.05, 0) is 32.9 Å². The molecule has 0 aliphatic heterocycles. The molecular weight excluding hydrogens is 278 g/mol. The monoisotopic (exact) mass is 295 g/mol. The molecule has 5 nitrogen and oxygen atoms in total. The molecule has 1 aromatic carbocycles. The number of rotatable bonds is 4. The maximum absolute atomic E-state index is 11.9. The lowest BCUT2D eigenvalue weighted by atomic mass is 10.2. The molecule has 0 aliphatic carbocycles. The minimum Gasteiger partial charge on any atom is -0.441 e. The molecular formula is C14H17NO4S. The van der Waals surface area contributed by atoms with Gasteiger partial charge in [0.25, 0.3) is 10.0 Å². The highest BCUT2D eigenvalue weighted by atomic mass is 32.2. The van der Waals surface area contributed by atoms with Crippen molar-refractivity contribution < 1.29 is 17.9 Å². The van der Waals surface area contributed by atoms with E-state index < -0.39 is 22.2 Å². The Hall–Kier alpha value is -2.04. The van der Waals surface area contributed by atoms with Crippen molar-refractivity contribution in [1.82, 2.24) is 4.72 Å². The van der Waals surface area contributed by atoms with Crippen LogP contribution in [0.15, 0.2) is 47.0 Å². The van der Waals surface area contributed by atoms with Gasteiger partial charge in [-0.2, -0.15) is 0 Å². The zero-order valence-electron chi connectivity index (χ0n) is 11.6. The third kappa shape index (κ3) is 4.26. The van der Waals surface area contributed by atoms with Gasteiger partial charge >= 0.3 is 6.09 Å². The first-order chi connectivity index (χ1) is 9.26. The first-order valence-electron chi connectivity index (χ1n) is 5.93. The second kappa shape index (κ2) is 6.41. The lowest BCUT2D eigenvalue weighted by Gasteiger charge is -2.13. The van der Waals surface area contributed by atoms with E-state index >= 15 is 0 Å². The number of nitrogens with one attached hydrogen (secondary N) is 1. The number of benzene rings is 1. The van der Waals surface area contributed by atoms with Gasteiger partial charge in [0.05, 0.1) is 4.90 Å². The van der Waals surface area contributed by atoms with Crippen LogP contribution >= 0.6 is 0 Å². The molecule has 0 heterocycles. The largest absolute Gasteiger partial charge is 0.441 e. The molecule has 0 aliphatic rings. The fraction of sp³-hybridized carbons (Fsp3) is 0.286. The van der Waals surface area contributed by atoms with Crippen LogP contribution in [0.25, 0.3) is 0 Å². The summed E-state index contributed by atoms with van der Waals surface area (Å²) in [7, 11) is -3.92. The first kappa shape index (κ1) is 16.0. The topological polar surface area (TPSA) is 72.5 Å². The molecule has 0 radical (unpaired) electrons. The summed E-state index contributed by atoms with van der Waals surface area (Å²) >= 11 is 0. The van der Waals surface area contributed by atoms with Crippen LogP contribution in [-0.4, -0.2) is 20.6 Å². The molecule has 0 fully saturated rings. The van der Waals surface area contributed by atoms with E-state index in [0.717, 1.165) is 5.56 Å². The van der Waals surface area contributed by atoms with Gasteiger partial charge in [0, 0.05) is 5.57 Å². The summed E-state index contributed by atoms with van der Waals surface area (Å²) < 4.78 is 30.6. The van der Waals surface area contributed by atoms with Gasteiger partial charge in [0.1, 0.15) is 6.10 Å². The second-order valence-corrected chi connectivity index (χ2v) is 6.01. The minimum absolute atomic E-state index is 0.00341. The molecule has 0 saturated carbocycles. The van der Waals surface area contributed by atoms with E-state index in [4.69, 9.17) is 4.74 Å². The third-order valence-electron chi connectivity index (χ3n) is 2.72. The van der Waals surface area contributed by atoms with Crippen molar-refractivity contribution in [3.63, 3.8) is 0 Å². The Labute approximate surface area is 119 Å². The van der Waals surface area contributed by atoms with Crippen molar-refractivity contribution in [2.45, 2.75) is 31.8 Å². The maximum atomic E-state index is 11.9. The number of sulfonamides is 1. The highest BCUT2D eigenvalue weighted by molar-refractivity contribution is 7.90. The molecule has 1 N–H and O–H groups in total. The van der Waals surface area contributed by atoms with E-state index in [0.29, 0.717) is 5.57 Å². The van der Waals surface area contributed by atoms with E-state index in [2.05, 4.69) is 12.3 Å². The average molecular weight is 295 g/mol. The third-order valence-corrected chi connectivity index (χ3v) is 4.05. The van der Waals surface area contributed by atoms with Crippen LogP contribution in [0.2, 0.25) is 0 Å². The van der Waals surface area contributed by atoms with E-state index in [-0.39, 0.29) is 4.90 Å². The standard InChI is InChI=1S/C14H17NO4S/c1-5-11(3)12(4)19-14(16)15-20(17,18)13-8-6-10(2)7-9-13/h6-9,12H,1H2,2-4H3,(H,15,16). The van der Waals surface area contributed by atoms with Gasteiger partial charge in [0.15, 0.2) is 0 Å². The van der Waals surface area contributed by atoms with Crippen molar-refractivity contribution >= 4 is 16.1 Å². The fourth-order valence-electron chi connectivity index (χ4n) is 1.30. The number of hydrogen-bond donors (Lipinski definition) is 1. The Morgan fingerprint density at radius 3 is 2.40 bits per heavy atom. The minimum atomic E-state index is -3.92. The molecule has 6 heteroatoms. The van der Waals surface area contributed by atoms with Crippen LogP contribution in [0.5, 0.6) is 0 Å². The van der Waals surface area contributed by atoms with Crippen molar-refractivity contribution in [3.05, 3.63) is 47.7 Å². The van der Waals surface area contributed by atoms with Crippen molar-refractivity contribution in [1.29, 1.82) is 0 Å². The Bertz CT molecular complexity index is 640. The molecule has 1 atom stereocenters. The van der Waals surface area contributed by atoms with Crippen LogP contribution in [0.1, 0.15) is 19.4 Å². The zero-order valence-corrected chi connectivity index (χ0v) is 12.5. The molecule has 0 spiro atoms. The Balaban J connectivity index is 2.79. The summed E-state index contributed by atoms with van der Waals surface area (Å²) in [6.07, 6.45) is -1.63. The number of aryl methyl sites for hydroxylation is 1. The summed E-state index contributed by atoms with van der Waals surface area (Å²) in [6, 6.07) is 6.13. The Morgan fingerprint density at radius 2 is 1.90 bits per heavy atom. The highest BCUT2D eigenvalue weighted by Gasteiger charge is 2.20. The van der Waals surface area contributed by atoms with Crippen molar-refractivity contribution in [2.24, 2.45) is 0 Å². The lowest BCUT2D eigenvalue weighted by molar-refractivity contribution is 0.128. The van der Waals surface area contributed by atoms with E-state index in [1.807, 2.05) is 11.6 Å². The molecule has 1 amide bonds. The summed E-state index contributed by atoms with van der Waals surface area (Å²) in [5.74, 6) is 0. The van der Waals surface area contributed by atoms with E-state index in [1.54, 1.807) is 26.0 Å². The van der Waals surface area contributed by atoms with Gasteiger partial charge < -0.3 is 4.74 Å². The molecule has 20 heavy (non-hydrogen) atoms. The van der Waals surface area contributed by atoms with E-state index in [9.17, 15) is 13.2 Å². The van der Waals surface area contributed by atoms with Gasteiger partial charge in [0.2, 0.25) is 0 Å². The first-order valence-corrected chi connectivity index (χ1v) is 7.41. The molecule has 1 rings (SSSR count). The molecule has 0 bridgehead atoms. The number of carbonyl (C=O) groups excluding carboxylic acids is 1. The lowest BCUT2D eigenvalue weighted by Crippen LogP contribution is -2.33. The predicted octanol–water partition coefficient (Wildman–Crippen LogP) is 2.53. The van der Waals surface area contributed by atoms with E-state index in [1.165, 1.54) is 12.1 Å². The number of carbonyl (C=O) groups is 1.